The van der Waals surface area contributed by atoms with Crippen molar-refractivity contribution in [2.45, 2.75) is 6.42 Å². The predicted molar refractivity (Wildman–Crippen MR) is 54.6 cm³/mol. The number of thiazole rings is 1. The van der Waals surface area contributed by atoms with Gasteiger partial charge in [-0.25, -0.2) is 4.98 Å². The average Bonchev–Trinajstić information content (AvgIpc) is 2.76. The molecule has 2 nitrogen and oxygen atoms in total. The van der Waals surface area contributed by atoms with Gasteiger partial charge in [0.1, 0.15) is 0 Å². The van der Waals surface area contributed by atoms with Gasteiger partial charge in [-0.1, -0.05) is 6.07 Å². The maximum absolute atomic E-state index is 10.4. The number of aromatic nitrogens is 1. The van der Waals surface area contributed by atoms with Gasteiger partial charge in [-0.15, -0.1) is 22.7 Å². The van der Waals surface area contributed by atoms with E-state index in [1.807, 2.05) is 11.4 Å². The van der Waals surface area contributed by atoms with Crippen molar-refractivity contribution in [1.29, 1.82) is 0 Å². The van der Waals surface area contributed by atoms with Crippen LogP contribution in [0.25, 0.3) is 0 Å². The molecule has 0 atom stereocenters. The van der Waals surface area contributed by atoms with Gasteiger partial charge in [-0.05, 0) is 11.4 Å². The second-order valence-corrected chi connectivity index (χ2v) is 4.71. The van der Waals surface area contributed by atoms with Crippen LogP contribution in [0, 0.1) is 0 Å². The fourth-order valence-electron chi connectivity index (χ4n) is 1.02. The van der Waals surface area contributed by atoms with E-state index >= 15 is 0 Å². The van der Waals surface area contributed by atoms with Gasteiger partial charge in [0.15, 0.2) is 6.29 Å². The molecule has 0 aliphatic carbocycles. The van der Waals surface area contributed by atoms with Crippen LogP contribution in [0.4, 0.5) is 0 Å². The van der Waals surface area contributed by atoms with Gasteiger partial charge >= 0.3 is 0 Å². The van der Waals surface area contributed by atoms with Crippen LogP contribution in [0.2, 0.25) is 0 Å². The van der Waals surface area contributed by atoms with Gasteiger partial charge in [0.05, 0.1) is 9.88 Å². The van der Waals surface area contributed by atoms with Crippen molar-refractivity contribution < 1.29 is 4.79 Å². The Hall–Kier alpha value is -1.00. The summed E-state index contributed by atoms with van der Waals surface area (Å²) in [4.78, 5) is 16.5. The van der Waals surface area contributed by atoms with E-state index in [1.54, 1.807) is 17.5 Å². The average molecular weight is 209 g/mol. The normalized spacial score (nSPS) is 10.2. The molecule has 13 heavy (non-hydrogen) atoms. The Balaban J connectivity index is 2.14. The predicted octanol–water partition coefficient (Wildman–Crippen LogP) is 2.61. The van der Waals surface area contributed by atoms with Crippen LogP contribution in [0.1, 0.15) is 19.6 Å². The molecule has 2 aromatic heterocycles. The second kappa shape index (κ2) is 3.81. The maximum atomic E-state index is 10.4. The van der Waals surface area contributed by atoms with E-state index in [0.29, 0.717) is 4.88 Å². The van der Waals surface area contributed by atoms with Crippen molar-refractivity contribution in [3.05, 3.63) is 38.5 Å². The van der Waals surface area contributed by atoms with Crippen molar-refractivity contribution in [2.75, 3.05) is 0 Å². The van der Waals surface area contributed by atoms with Crippen LogP contribution in [0.3, 0.4) is 0 Å². The van der Waals surface area contributed by atoms with E-state index < -0.39 is 0 Å². The topological polar surface area (TPSA) is 30.0 Å². The molecule has 2 heterocycles. The van der Waals surface area contributed by atoms with E-state index in [-0.39, 0.29) is 0 Å². The summed E-state index contributed by atoms with van der Waals surface area (Å²) in [7, 11) is 0. The summed E-state index contributed by atoms with van der Waals surface area (Å²) in [6.45, 7) is 0. The number of carbonyl (C=O) groups excluding carboxylic acids is 1. The molecule has 0 fully saturated rings. The minimum atomic E-state index is 0.701. The smallest absolute Gasteiger partial charge is 0.161 e. The van der Waals surface area contributed by atoms with E-state index in [1.165, 1.54) is 16.2 Å². The molecular formula is C9H7NOS2. The number of carbonyl (C=O) groups is 1. The monoisotopic (exact) mass is 209 g/mol. The van der Waals surface area contributed by atoms with Crippen LogP contribution in [-0.2, 0) is 6.42 Å². The highest BCUT2D eigenvalue weighted by Gasteiger charge is 2.02. The molecule has 0 N–H and O–H groups in total. The molecule has 0 spiro atoms. The molecule has 0 aromatic carbocycles. The van der Waals surface area contributed by atoms with Gasteiger partial charge in [0, 0.05) is 17.5 Å². The highest BCUT2D eigenvalue weighted by molar-refractivity contribution is 7.13. The second-order valence-electron chi connectivity index (χ2n) is 2.53. The summed E-state index contributed by atoms with van der Waals surface area (Å²) in [6.07, 6.45) is 3.31. The van der Waals surface area contributed by atoms with Crippen molar-refractivity contribution >= 4 is 29.0 Å². The van der Waals surface area contributed by atoms with E-state index in [0.717, 1.165) is 17.7 Å². The molecule has 0 unspecified atom stereocenters. The summed E-state index contributed by atoms with van der Waals surface area (Å²) in [5, 5.41) is 3.05. The number of thiophene rings is 1. The van der Waals surface area contributed by atoms with Crippen molar-refractivity contribution in [2.24, 2.45) is 0 Å². The lowest BCUT2D eigenvalue weighted by Crippen LogP contribution is -1.80. The van der Waals surface area contributed by atoms with E-state index in [2.05, 4.69) is 11.1 Å². The van der Waals surface area contributed by atoms with Gasteiger partial charge in [0.25, 0.3) is 0 Å². The molecule has 66 valence electrons. The highest BCUT2D eigenvalue weighted by atomic mass is 32.1. The van der Waals surface area contributed by atoms with Crippen molar-refractivity contribution in [1.82, 2.24) is 4.98 Å². The summed E-state index contributed by atoms with van der Waals surface area (Å²) in [6, 6.07) is 4.10. The lowest BCUT2D eigenvalue weighted by atomic mass is 10.4. The maximum Gasteiger partial charge on any atom is 0.161 e. The third-order valence-corrected chi connectivity index (χ3v) is 3.39. The zero-order chi connectivity index (χ0) is 9.10. The van der Waals surface area contributed by atoms with E-state index in [9.17, 15) is 4.79 Å². The Morgan fingerprint density at radius 1 is 1.54 bits per heavy atom. The third kappa shape index (κ3) is 2.02. The molecule has 0 amide bonds. The van der Waals surface area contributed by atoms with Gasteiger partial charge in [0.2, 0.25) is 0 Å². The Kier molecular flexibility index (Phi) is 2.52. The minimum absolute atomic E-state index is 0.701. The lowest BCUT2D eigenvalue weighted by molar-refractivity contribution is 0.112. The van der Waals surface area contributed by atoms with Crippen LogP contribution in [0.15, 0.2) is 23.7 Å². The van der Waals surface area contributed by atoms with Crippen molar-refractivity contribution in [3.8, 4) is 0 Å². The third-order valence-electron chi connectivity index (χ3n) is 1.59. The molecule has 0 saturated heterocycles. The Bertz CT molecular complexity index is 391. The Labute approximate surface area is 83.9 Å². The van der Waals surface area contributed by atoms with Crippen molar-refractivity contribution in [3.63, 3.8) is 0 Å². The first-order chi connectivity index (χ1) is 6.38. The highest BCUT2D eigenvalue weighted by Crippen LogP contribution is 2.18. The quantitative estimate of drug-likeness (QED) is 0.727. The zero-order valence-corrected chi connectivity index (χ0v) is 8.40. The van der Waals surface area contributed by atoms with Gasteiger partial charge in [-0.3, -0.25) is 4.79 Å². The van der Waals surface area contributed by atoms with Crippen LogP contribution in [-0.4, -0.2) is 11.3 Å². The lowest BCUT2D eigenvalue weighted by Gasteiger charge is -1.89. The number of hydrogen-bond donors (Lipinski definition) is 0. The first-order valence-electron chi connectivity index (χ1n) is 3.81. The molecule has 2 rings (SSSR count). The molecule has 0 bridgehead atoms. The fraction of sp³-hybridized carbons (Fsp3) is 0.111. The molecule has 0 aliphatic rings. The zero-order valence-electron chi connectivity index (χ0n) is 6.77. The molecule has 2 aromatic rings. The first kappa shape index (κ1) is 8.59. The summed E-state index contributed by atoms with van der Waals surface area (Å²) in [5.74, 6) is 0. The molecular weight excluding hydrogens is 202 g/mol. The standard InChI is InChI=1S/C9H7NOS2/c11-6-8-5-10-9(13-8)4-7-2-1-3-12-7/h1-3,5-6H,4H2. The number of aldehydes is 1. The summed E-state index contributed by atoms with van der Waals surface area (Å²) < 4.78 is 0. The Morgan fingerprint density at radius 3 is 3.08 bits per heavy atom. The molecule has 0 saturated carbocycles. The van der Waals surface area contributed by atoms with Gasteiger partial charge < -0.3 is 0 Å². The molecule has 0 radical (unpaired) electrons. The van der Waals surface area contributed by atoms with Gasteiger partial charge in [-0.2, -0.15) is 0 Å². The molecule has 0 aliphatic heterocycles. The number of nitrogens with zero attached hydrogens (tertiary/aromatic N) is 1. The first-order valence-corrected chi connectivity index (χ1v) is 5.50. The minimum Gasteiger partial charge on any atom is -0.297 e. The van der Waals surface area contributed by atoms with Crippen LogP contribution >= 0.6 is 22.7 Å². The largest absolute Gasteiger partial charge is 0.297 e. The molecule has 4 heteroatoms. The van der Waals surface area contributed by atoms with Crippen LogP contribution in [0.5, 0.6) is 0 Å². The number of hydrogen-bond acceptors (Lipinski definition) is 4. The summed E-state index contributed by atoms with van der Waals surface area (Å²) in [5.41, 5.74) is 0. The SMILES string of the molecule is O=Cc1cnc(Cc2cccs2)s1. The van der Waals surface area contributed by atoms with Crippen LogP contribution < -0.4 is 0 Å². The Morgan fingerprint density at radius 2 is 2.46 bits per heavy atom. The fourth-order valence-corrected chi connectivity index (χ4v) is 2.58. The number of rotatable bonds is 3. The van der Waals surface area contributed by atoms with E-state index in [4.69, 9.17) is 0 Å². The summed E-state index contributed by atoms with van der Waals surface area (Å²) >= 11 is 3.17.